The van der Waals surface area contributed by atoms with Crippen LogP contribution in [0.2, 0.25) is 0 Å². The van der Waals surface area contributed by atoms with Crippen molar-refractivity contribution in [1.29, 1.82) is 0 Å². The lowest BCUT2D eigenvalue weighted by Gasteiger charge is -2.10. The van der Waals surface area contributed by atoms with Crippen molar-refractivity contribution in [3.05, 3.63) is 11.6 Å². The summed E-state index contributed by atoms with van der Waals surface area (Å²) in [5.74, 6) is 0. The van der Waals surface area contributed by atoms with Gasteiger partial charge in [0.2, 0.25) is 0 Å². The molecule has 7 heavy (non-hydrogen) atoms. The molecule has 40 valence electrons. The molecule has 0 radical (unpaired) electrons. The fourth-order valence-corrected chi connectivity index (χ4v) is 1.31. The summed E-state index contributed by atoms with van der Waals surface area (Å²) in [7, 11) is 4.77. The number of hydrogen-bond acceptors (Lipinski definition) is 1. The first-order valence-electron chi connectivity index (χ1n) is 1.88. The molecule has 1 aliphatic heterocycles. The van der Waals surface area contributed by atoms with E-state index >= 15 is 0 Å². The minimum Gasteiger partial charge on any atom is -0.257 e. The van der Waals surface area contributed by atoms with Crippen LogP contribution in [0, 0.1) is 0 Å². The van der Waals surface area contributed by atoms with Crippen molar-refractivity contribution in [3.8, 4) is 0 Å². The smallest absolute Gasteiger partial charge is 0.0589 e. The maximum atomic E-state index is 5.81. The van der Waals surface area contributed by atoms with Gasteiger partial charge in [-0.15, -0.1) is 9.24 Å². The van der Waals surface area contributed by atoms with Crippen molar-refractivity contribution in [2.45, 2.75) is 0 Å². The van der Waals surface area contributed by atoms with E-state index in [1.54, 1.807) is 11.7 Å². The van der Waals surface area contributed by atoms with E-state index in [-0.39, 0.29) is 0 Å². The molecule has 0 N–H and O–H groups in total. The molecule has 1 heterocycles. The Morgan fingerprint density at radius 1 is 1.71 bits per heavy atom. The van der Waals surface area contributed by atoms with Crippen molar-refractivity contribution in [1.82, 2.24) is 0 Å². The second-order valence-electron chi connectivity index (χ2n) is 1.48. The number of halogens is 1. The van der Waals surface area contributed by atoms with Crippen LogP contribution >= 0.6 is 19.9 Å². The van der Waals surface area contributed by atoms with Gasteiger partial charge in [-0.25, -0.2) is 0 Å². The number of aliphatic imine (C=N–C) groups is 1. The van der Waals surface area contributed by atoms with Gasteiger partial charge in [-0.3, -0.25) is 4.99 Å². The largest absolute Gasteiger partial charge is 0.257 e. The minimum atomic E-state index is -1.05. The number of rotatable bonds is 0. The maximum Gasteiger partial charge on any atom is 0.0589 e. The fraction of sp³-hybridized carbons (Fsp3) is 0.250. The van der Waals surface area contributed by atoms with Gasteiger partial charge < -0.3 is 0 Å². The molecule has 1 nitrogen and oxygen atoms in total. The molecule has 3 heteroatoms. The zero-order valence-corrected chi connectivity index (χ0v) is 5.54. The summed E-state index contributed by atoms with van der Waals surface area (Å²) in [6.07, 6.45) is 3.71. The van der Waals surface area contributed by atoms with Crippen LogP contribution < -0.4 is 0 Å². The first-order chi connectivity index (χ1) is 3.21. The Bertz CT molecular complexity index is 114. The second-order valence-corrected chi connectivity index (χ2v) is 5.84. The fourth-order valence-electron chi connectivity index (χ4n) is 0.343. The standard InChI is InChI=1S/C4H6ClNS/c1-7(5)3-2-6-4-7/h2-4H,1H3. The molecule has 0 saturated carbocycles. The highest BCUT2D eigenvalue weighted by Crippen LogP contribution is 2.50. The first kappa shape index (κ1) is 5.19. The van der Waals surface area contributed by atoms with E-state index in [0.29, 0.717) is 0 Å². The quantitative estimate of drug-likeness (QED) is 0.483. The summed E-state index contributed by atoms with van der Waals surface area (Å²) in [4.78, 5) is 3.84. The Balaban J connectivity index is 2.77. The Kier molecular flexibility index (Phi) is 1.13. The van der Waals surface area contributed by atoms with Crippen molar-refractivity contribution in [3.63, 3.8) is 0 Å². The minimum absolute atomic E-state index is 1.05. The van der Waals surface area contributed by atoms with Gasteiger partial charge in [-0.1, -0.05) is 10.7 Å². The molecule has 0 aromatic carbocycles. The Morgan fingerprint density at radius 2 is 2.43 bits per heavy atom. The normalized spacial score (nSPS) is 46.6. The predicted molar refractivity (Wildman–Crippen MR) is 37.0 cm³/mol. The molecule has 1 rings (SSSR count). The van der Waals surface area contributed by atoms with Crippen LogP contribution in [0.4, 0.5) is 0 Å². The molecule has 0 aromatic heterocycles. The van der Waals surface area contributed by atoms with Crippen LogP contribution in [-0.4, -0.2) is 11.8 Å². The summed E-state index contributed by atoms with van der Waals surface area (Å²) in [5.41, 5.74) is 1.79. The molecule has 0 saturated heterocycles. The van der Waals surface area contributed by atoms with E-state index in [1.165, 1.54) is 0 Å². The first-order valence-corrected chi connectivity index (χ1v) is 4.88. The van der Waals surface area contributed by atoms with Crippen molar-refractivity contribution < 1.29 is 0 Å². The monoisotopic (exact) mass is 135 g/mol. The molecule has 1 atom stereocenters. The summed E-state index contributed by atoms with van der Waals surface area (Å²) in [5, 5.41) is 1.93. The molecule has 1 unspecified atom stereocenters. The second kappa shape index (κ2) is 1.53. The molecular weight excluding hydrogens is 130 g/mol. The van der Waals surface area contributed by atoms with Crippen LogP contribution in [0.1, 0.15) is 0 Å². The molecule has 0 amide bonds. The van der Waals surface area contributed by atoms with E-state index in [1.807, 2.05) is 11.7 Å². The van der Waals surface area contributed by atoms with Gasteiger partial charge >= 0.3 is 0 Å². The van der Waals surface area contributed by atoms with Gasteiger partial charge in [0.25, 0.3) is 0 Å². The third kappa shape index (κ3) is 1.21. The van der Waals surface area contributed by atoms with E-state index in [2.05, 4.69) is 4.99 Å². The van der Waals surface area contributed by atoms with Crippen LogP contribution in [0.25, 0.3) is 0 Å². The van der Waals surface area contributed by atoms with Gasteiger partial charge in [0.15, 0.2) is 0 Å². The van der Waals surface area contributed by atoms with Crippen LogP contribution in [0.15, 0.2) is 16.6 Å². The summed E-state index contributed by atoms with van der Waals surface area (Å²) in [6, 6.07) is 0. The van der Waals surface area contributed by atoms with Gasteiger partial charge in [0.05, 0.1) is 5.55 Å². The number of hydrogen-bond donors (Lipinski definition) is 0. The van der Waals surface area contributed by atoms with E-state index in [4.69, 9.17) is 10.7 Å². The lowest BCUT2D eigenvalue weighted by atomic mass is 11.1. The maximum absolute atomic E-state index is 5.81. The molecule has 0 fully saturated rings. The lowest BCUT2D eigenvalue weighted by molar-refractivity contribution is 1.65. The summed E-state index contributed by atoms with van der Waals surface area (Å²) < 4.78 is 0. The average molecular weight is 136 g/mol. The highest BCUT2D eigenvalue weighted by Gasteiger charge is 2.08. The summed E-state index contributed by atoms with van der Waals surface area (Å²) >= 11 is 0. The highest BCUT2D eigenvalue weighted by atomic mass is 35.7. The van der Waals surface area contributed by atoms with Gasteiger partial charge in [-0.05, 0) is 11.7 Å². The van der Waals surface area contributed by atoms with Gasteiger partial charge in [-0.2, -0.15) is 0 Å². The summed E-state index contributed by atoms with van der Waals surface area (Å²) in [6.45, 7) is 0. The van der Waals surface area contributed by atoms with Crippen LogP contribution in [-0.2, 0) is 0 Å². The zero-order valence-electron chi connectivity index (χ0n) is 3.97. The highest BCUT2D eigenvalue weighted by molar-refractivity contribution is 8.61. The Hall–Kier alpha value is 0.0500. The Labute approximate surface area is 48.9 Å². The van der Waals surface area contributed by atoms with Crippen molar-refractivity contribution in [2.75, 3.05) is 6.26 Å². The average Bonchev–Trinajstić information content (AvgIpc) is 1.84. The lowest BCUT2D eigenvalue weighted by Crippen LogP contribution is -1.75. The topological polar surface area (TPSA) is 12.4 Å². The zero-order chi connectivity index (χ0) is 5.33. The number of nitrogens with zero attached hydrogens (tertiary/aromatic N) is 1. The molecule has 1 aliphatic rings. The van der Waals surface area contributed by atoms with E-state index in [9.17, 15) is 0 Å². The third-order valence-electron chi connectivity index (χ3n) is 0.680. The van der Waals surface area contributed by atoms with E-state index < -0.39 is 9.24 Å². The predicted octanol–water partition coefficient (Wildman–Crippen LogP) is 2.09. The van der Waals surface area contributed by atoms with E-state index in [0.717, 1.165) is 0 Å². The third-order valence-corrected chi connectivity index (χ3v) is 2.42. The van der Waals surface area contributed by atoms with Gasteiger partial charge in [0, 0.05) is 6.20 Å². The SMILES string of the molecule is CS1(Cl)C=CN=C1. The molecule has 0 aliphatic carbocycles. The molecule has 0 bridgehead atoms. The van der Waals surface area contributed by atoms with Crippen LogP contribution in [0.3, 0.4) is 0 Å². The van der Waals surface area contributed by atoms with Crippen molar-refractivity contribution >= 4 is 25.5 Å². The molecular formula is C4H6ClNS. The Morgan fingerprint density at radius 3 is 2.57 bits per heavy atom. The van der Waals surface area contributed by atoms with Gasteiger partial charge in [0.1, 0.15) is 0 Å². The molecule has 0 aromatic rings. The molecule has 0 spiro atoms. The van der Waals surface area contributed by atoms with Crippen LogP contribution in [0.5, 0.6) is 0 Å². The van der Waals surface area contributed by atoms with Crippen molar-refractivity contribution in [2.24, 2.45) is 4.99 Å².